The summed E-state index contributed by atoms with van der Waals surface area (Å²) in [5.41, 5.74) is 6.94. The maximum Gasteiger partial charge on any atom is 0.408 e. The number of hydrogen-bond donors (Lipinski definition) is 4. The standard InChI is InChI=1S/C20H22BrN3O5/c21-15-9-5-4-8-14(15)10-16(18(22)26)23-19(27)17(11-25)24-20(28)29-12-13-6-2-1-3-7-13/h1-9,16-17,25H,10-12H2,(H2,22,26)(H,23,27)(H,24,28)/t16-,17+/m1/s1. The molecule has 9 heteroatoms. The van der Waals surface area contributed by atoms with E-state index in [9.17, 15) is 19.5 Å². The number of primary amides is 1. The van der Waals surface area contributed by atoms with E-state index >= 15 is 0 Å². The molecule has 0 heterocycles. The van der Waals surface area contributed by atoms with Gasteiger partial charge < -0.3 is 26.2 Å². The van der Waals surface area contributed by atoms with Crippen molar-refractivity contribution in [2.24, 2.45) is 5.73 Å². The number of ether oxygens (including phenoxy) is 1. The molecule has 2 aromatic carbocycles. The van der Waals surface area contributed by atoms with Gasteiger partial charge in [0.05, 0.1) is 6.61 Å². The topological polar surface area (TPSA) is 131 Å². The number of halogens is 1. The van der Waals surface area contributed by atoms with Crippen molar-refractivity contribution in [3.05, 3.63) is 70.2 Å². The summed E-state index contributed by atoms with van der Waals surface area (Å²) >= 11 is 3.37. The van der Waals surface area contributed by atoms with Crippen molar-refractivity contribution in [1.82, 2.24) is 10.6 Å². The molecule has 0 bridgehead atoms. The van der Waals surface area contributed by atoms with Crippen LogP contribution >= 0.6 is 15.9 Å². The first kappa shape index (κ1) is 22.4. The van der Waals surface area contributed by atoms with E-state index < -0.39 is 36.6 Å². The van der Waals surface area contributed by atoms with E-state index in [-0.39, 0.29) is 13.0 Å². The van der Waals surface area contributed by atoms with Gasteiger partial charge in [0.25, 0.3) is 0 Å². The molecule has 0 saturated carbocycles. The van der Waals surface area contributed by atoms with E-state index in [0.717, 1.165) is 15.6 Å². The fourth-order valence-corrected chi connectivity index (χ4v) is 2.93. The van der Waals surface area contributed by atoms with Gasteiger partial charge in [0, 0.05) is 10.9 Å². The van der Waals surface area contributed by atoms with Crippen LogP contribution in [0.15, 0.2) is 59.1 Å². The highest BCUT2D eigenvalue weighted by Gasteiger charge is 2.26. The van der Waals surface area contributed by atoms with Crippen LogP contribution in [0.2, 0.25) is 0 Å². The third-order valence-electron chi connectivity index (χ3n) is 4.05. The molecule has 2 aromatic rings. The zero-order valence-corrected chi connectivity index (χ0v) is 17.1. The fraction of sp³-hybridized carbons (Fsp3) is 0.250. The van der Waals surface area contributed by atoms with Gasteiger partial charge in [-0.3, -0.25) is 9.59 Å². The highest BCUT2D eigenvalue weighted by molar-refractivity contribution is 9.10. The average molecular weight is 464 g/mol. The van der Waals surface area contributed by atoms with Crippen LogP contribution in [0.1, 0.15) is 11.1 Å². The minimum atomic E-state index is -1.29. The zero-order chi connectivity index (χ0) is 21.2. The van der Waals surface area contributed by atoms with Gasteiger partial charge in [-0.2, -0.15) is 0 Å². The molecule has 3 amide bonds. The molecule has 0 aromatic heterocycles. The van der Waals surface area contributed by atoms with Crippen LogP contribution in [0.25, 0.3) is 0 Å². The minimum Gasteiger partial charge on any atom is -0.445 e. The number of nitrogens with two attached hydrogens (primary N) is 1. The van der Waals surface area contributed by atoms with Crippen LogP contribution < -0.4 is 16.4 Å². The van der Waals surface area contributed by atoms with E-state index in [2.05, 4.69) is 26.6 Å². The Bertz CT molecular complexity index is 847. The molecule has 154 valence electrons. The summed E-state index contributed by atoms with van der Waals surface area (Å²) in [6.07, 6.45) is -0.719. The summed E-state index contributed by atoms with van der Waals surface area (Å²) in [7, 11) is 0. The second kappa shape index (κ2) is 11.2. The summed E-state index contributed by atoms with van der Waals surface area (Å²) in [6, 6.07) is 13.9. The fourth-order valence-electron chi connectivity index (χ4n) is 2.48. The monoisotopic (exact) mass is 463 g/mol. The first-order chi connectivity index (χ1) is 13.9. The SMILES string of the molecule is NC(=O)[C@@H](Cc1ccccc1Br)NC(=O)[C@H](CO)NC(=O)OCc1ccccc1. The molecule has 8 nitrogen and oxygen atoms in total. The molecule has 0 aliphatic carbocycles. The van der Waals surface area contributed by atoms with Crippen LogP contribution in [0, 0.1) is 0 Å². The van der Waals surface area contributed by atoms with Gasteiger partial charge in [-0.15, -0.1) is 0 Å². The largest absolute Gasteiger partial charge is 0.445 e. The molecule has 0 radical (unpaired) electrons. The molecule has 2 rings (SSSR count). The van der Waals surface area contributed by atoms with Crippen molar-refractivity contribution in [3.63, 3.8) is 0 Å². The van der Waals surface area contributed by atoms with Crippen molar-refractivity contribution in [3.8, 4) is 0 Å². The molecule has 0 aliphatic heterocycles. The Morgan fingerprint density at radius 3 is 2.28 bits per heavy atom. The van der Waals surface area contributed by atoms with Crippen molar-refractivity contribution in [2.45, 2.75) is 25.1 Å². The second-order valence-electron chi connectivity index (χ2n) is 6.20. The lowest BCUT2D eigenvalue weighted by atomic mass is 10.1. The lowest BCUT2D eigenvalue weighted by Gasteiger charge is -2.21. The summed E-state index contributed by atoms with van der Waals surface area (Å²) in [4.78, 5) is 36.1. The summed E-state index contributed by atoms with van der Waals surface area (Å²) < 4.78 is 5.80. The van der Waals surface area contributed by atoms with Gasteiger partial charge in [0.15, 0.2) is 0 Å². The van der Waals surface area contributed by atoms with Crippen molar-refractivity contribution >= 4 is 33.8 Å². The van der Waals surface area contributed by atoms with Gasteiger partial charge >= 0.3 is 6.09 Å². The van der Waals surface area contributed by atoms with Gasteiger partial charge in [-0.05, 0) is 17.2 Å². The summed E-state index contributed by atoms with van der Waals surface area (Å²) in [6.45, 7) is -0.662. The quantitative estimate of drug-likeness (QED) is 0.444. The average Bonchev–Trinajstić information content (AvgIpc) is 2.72. The van der Waals surface area contributed by atoms with Crippen LogP contribution in [0.3, 0.4) is 0 Å². The van der Waals surface area contributed by atoms with Gasteiger partial charge in [0.1, 0.15) is 18.7 Å². The number of aliphatic hydroxyl groups is 1. The Kier molecular flexibility index (Phi) is 8.63. The van der Waals surface area contributed by atoms with Crippen LogP contribution in [0.5, 0.6) is 0 Å². The minimum absolute atomic E-state index is 0.0123. The molecule has 29 heavy (non-hydrogen) atoms. The molecular weight excluding hydrogens is 442 g/mol. The van der Waals surface area contributed by atoms with Gasteiger partial charge in [0.2, 0.25) is 11.8 Å². The number of aliphatic hydroxyl groups excluding tert-OH is 1. The Morgan fingerprint density at radius 2 is 1.66 bits per heavy atom. The lowest BCUT2D eigenvalue weighted by Crippen LogP contribution is -2.55. The summed E-state index contributed by atoms with van der Waals surface area (Å²) in [5.74, 6) is -1.49. The number of amides is 3. The molecule has 0 unspecified atom stereocenters. The molecule has 2 atom stereocenters. The maximum atomic E-state index is 12.4. The van der Waals surface area contributed by atoms with Crippen molar-refractivity contribution < 1.29 is 24.2 Å². The Hall–Kier alpha value is -2.91. The lowest BCUT2D eigenvalue weighted by molar-refractivity contribution is -0.129. The van der Waals surface area contributed by atoms with Crippen LogP contribution in [-0.4, -0.2) is 41.7 Å². The van der Waals surface area contributed by atoms with Crippen LogP contribution in [0.4, 0.5) is 4.79 Å². The highest BCUT2D eigenvalue weighted by atomic mass is 79.9. The number of rotatable bonds is 9. The predicted octanol–water partition coefficient (Wildman–Crippen LogP) is 1.25. The van der Waals surface area contributed by atoms with Gasteiger partial charge in [-0.25, -0.2) is 4.79 Å². The van der Waals surface area contributed by atoms with Crippen LogP contribution in [-0.2, 0) is 27.4 Å². The number of carbonyl (C=O) groups excluding carboxylic acids is 3. The number of alkyl carbamates (subject to hydrolysis) is 1. The molecule has 0 saturated heterocycles. The third-order valence-corrected chi connectivity index (χ3v) is 4.82. The molecule has 0 aliphatic rings. The van der Waals surface area contributed by atoms with Gasteiger partial charge in [-0.1, -0.05) is 64.5 Å². The summed E-state index contributed by atoms with van der Waals surface area (Å²) in [5, 5.41) is 14.2. The first-order valence-electron chi connectivity index (χ1n) is 8.82. The predicted molar refractivity (Wildman–Crippen MR) is 110 cm³/mol. The molecule has 0 fully saturated rings. The first-order valence-corrected chi connectivity index (χ1v) is 9.61. The Morgan fingerprint density at radius 1 is 1.00 bits per heavy atom. The third kappa shape index (κ3) is 7.20. The maximum absolute atomic E-state index is 12.4. The number of nitrogens with one attached hydrogen (secondary N) is 2. The second-order valence-corrected chi connectivity index (χ2v) is 7.05. The molecule has 0 spiro atoms. The Labute approximate surface area is 176 Å². The Balaban J connectivity index is 1.93. The molecule has 5 N–H and O–H groups in total. The van der Waals surface area contributed by atoms with E-state index in [1.807, 2.05) is 12.1 Å². The highest BCUT2D eigenvalue weighted by Crippen LogP contribution is 2.17. The van der Waals surface area contributed by atoms with Crippen molar-refractivity contribution in [2.75, 3.05) is 6.61 Å². The van der Waals surface area contributed by atoms with E-state index in [1.165, 1.54) is 0 Å². The number of benzene rings is 2. The zero-order valence-electron chi connectivity index (χ0n) is 15.5. The van der Waals surface area contributed by atoms with E-state index in [1.54, 1.807) is 42.5 Å². The normalized spacial score (nSPS) is 12.5. The van der Waals surface area contributed by atoms with E-state index in [4.69, 9.17) is 10.5 Å². The number of carbonyl (C=O) groups is 3. The molecular formula is C20H22BrN3O5. The van der Waals surface area contributed by atoms with E-state index in [0.29, 0.717) is 0 Å². The smallest absolute Gasteiger partial charge is 0.408 e. The number of hydrogen-bond acceptors (Lipinski definition) is 5. The van der Waals surface area contributed by atoms with Crippen molar-refractivity contribution in [1.29, 1.82) is 0 Å².